The van der Waals surface area contributed by atoms with Crippen LogP contribution >= 0.6 is 11.3 Å². The van der Waals surface area contributed by atoms with Crippen LogP contribution in [0.5, 0.6) is 0 Å². The number of rotatable bonds is 4. The third kappa shape index (κ3) is 3.78. The van der Waals surface area contributed by atoms with Crippen molar-refractivity contribution in [1.29, 1.82) is 0 Å². The van der Waals surface area contributed by atoms with E-state index in [1.165, 1.54) is 6.42 Å². The molecular weight excluding hydrogens is 246 g/mol. The highest BCUT2D eigenvalue weighted by molar-refractivity contribution is 7.07. The van der Waals surface area contributed by atoms with E-state index in [0.717, 1.165) is 37.8 Å². The fourth-order valence-electron chi connectivity index (χ4n) is 2.47. The second-order valence-corrected chi connectivity index (χ2v) is 5.65. The standard InChI is InChI=1S/C13H21N3OS/c14-12-5-3-1-2-4-11(12)13(17)15-7-6-10-8-18-9-16-10/h8-9,11-12H,1-7,14H2,(H,15,17). The number of nitrogens with zero attached hydrogens (tertiary/aromatic N) is 1. The van der Waals surface area contributed by atoms with Crippen molar-refractivity contribution in [3.05, 3.63) is 16.6 Å². The number of aromatic nitrogens is 1. The summed E-state index contributed by atoms with van der Waals surface area (Å²) in [5.74, 6) is 0.127. The highest BCUT2D eigenvalue weighted by Crippen LogP contribution is 2.22. The number of amides is 1. The summed E-state index contributed by atoms with van der Waals surface area (Å²) >= 11 is 1.59. The molecule has 2 unspecified atom stereocenters. The summed E-state index contributed by atoms with van der Waals surface area (Å²) in [6.07, 6.45) is 6.20. The minimum atomic E-state index is 0.00272. The quantitative estimate of drug-likeness (QED) is 0.816. The fraction of sp³-hybridized carbons (Fsp3) is 0.692. The van der Waals surface area contributed by atoms with E-state index >= 15 is 0 Å². The Balaban J connectivity index is 1.76. The van der Waals surface area contributed by atoms with Crippen LogP contribution in [0.4, 0.5) is 0 Å². The zero-order chi connectivity index (χ0) is 12.8. The van der Waals surface area contributed by atoms with Crippen molar-refractivity contribution in [2.24, 2.45) is 11.7 Å². The van der Waals surface area contributed by atoms with Crippen LogP contribution in [-0.2, 0) is 11.2 Å². The molecule has 0 saturated heterocycles. The summed E-state index contributed by atoms with van der Waals surface area (Å²) in [6.45, 7) is 0.659. The molecule has 0 aromatic carbocycles. The number of carbonyl (C=O) groups excluding carboxylic acids is 1. The molecule has 1 aliphatic rings. The molecule has 100 valence electrons. The van der Waals surface area contributed by atoms with Crippen molar-refractivity contribution in [1.82, 2.24) is 10.3 Å². The van der Waals surface area contributed by atoms with Gasteiger partial charge in [0, 0.05) is 24.4 Å². The van der Waals surface area contributed by atoms with Crippen molar-refractivity contribution in [3.8, 4) is 0 Å². The van der Waals surface area contributed by atoms with Crippen LogP contribution in [0, 0.1) is 5.92 Å². The fourth-order valence-corrected chi connectivity index (χ4v) is 3.06. The number of nitrogens with one attached hydrogen (secondary N) is 1. The first kappa shape index (κ1) is 13.5. The van der Waals surface area contributed by atoms with Gasteiger partial charge < -0.3 is 11.1 Å². The Labute approximate surface area is 112 Å². The van der Waals surface area contributed by atoms with E-state index in [2.05, 4.69) is 10.3 Å². The van der Waals surface area contributed by atoms with E-state index in [0.29, 0.717) is 6.54 Å². The summed E-state index contributed by atoms with van der Waals surface area (Å²) in [5.41, 5.74) is 8.94. The van der Waals surface area contributed by atoms with Crippen LogP contribution in [0.15, 0.2) is 10.9 Å². The van der Waals surface area contributed by atoms with Gasteiger partial charge in [0.15, 0.2) is 0 Å². The van der Waals surface area contributed by atoms with E-state index in [4.69, 9.17) is 5.73 Å². The Bertz CT molecular complexity index is 366. The first-order valence-corrected chi connectivity index (χ1v) is 7.62. The molecule has 2 atom stereocenters. The van der Waals surface area contributed by atoms with Gasteiger partial charge in [0.05, 0.1) is 17.1 Å². The van der Waals surface area contributed by atoms with Crippen LogP contribution in [0.3, 0.4) is 0 Å². The third-order valence-corrected chi connectivity index (χ3v) is 4.21. The van der Waals surface area contributed by atoms with Crippen molar-refractivity contribution in [3.63, 3.8) is 0 Å². The van der Waals surface area contributed by atoms with Crippen molar-refractivity contribution in [2.45, 2.75) is 44.6 Å². The SMILES string of the molecule is NC1CCCCCC1C(=O)NCCc1cscn1. The lowest BCUT2D eigenvalue weighted by atomic mass is 9.94. The lowest BCUT2D eigenvalue weighted by Crippen LogP contribution is -2.41. The largest absolute Gasteiger partial charge is 0.355 e. The Morgan fingerprint density at radius 3 is 3.06 bits per heavy atom. The zero-order valence-corrected chi connectivity index (χ0v) is 11.4. The number of thiazole rings is 1. The van der Waals surface area contributed by atoms with Crippen molar-refractivity contribution in [2.75, 3.05) is 6.54 Å². The van der Waals surface area contributed by atoms with Crippen LogP contribution in [-0.4, -0.2) is 23.5 Å². The first-order valence-electron chi connectivity index (χ1n) is 6.67. The van der Waals surface area contributed by atoms with Gasteiger partial charge in [0.25, 0.3) is 0 Å². The van der Waals surface area contributed by atoms with E-state index in [1.54, 1.807) is 11.3 Å². The maximum atomic E-state index is 12.1. The van der Waals surface area contributed by atoms with Crippen LogP contribution < -0.4 is 11.1 Å². The first-order chi connectivity index (χ1) is 8.77. The maximum Gasteiger partial charge on any atom is 0.224 e. The minimum absolute atomic E-state index is 0.00272. The molecule has 2 rings (SSSR count). The number of nitrogens with two attached hydrogens (primary N) is 1. The Morgan fingerprint density at radius 2 is 2.28 bits per heavy atom. The molecule has 1 saturated carbocycles. The second-order valence-electron chi connectivity index (χ2n) is 4.93. The van der Waals surface area contributed by atoms with Gasteiger partial charge in [-0.15, -0.1) is 11.3 Å². The molecule has 1 aromatic rings. The lowest BCUT2D eigenvalue weighted by Gasteiger charge is -2.20. The van der Waals surface area contributed by atoms with Gasteiger partial charge in [-0.1, -0.05) is 19.3 Å². The smallest absolute Gasteiger partial charge is 0.224 e. The monoisotopic (exact) mass is 267 g/mol. The van der Waals surface area contributed by atoms with Gasteiger partial charge >= 0.3 is 0 Å². The average Bonchev–Trinajstić information content (AvgIpc) is 2.77. The molecule has 0 bridgehead atoms. The third-order valence-electron chi connectivity index (χ3n) is 3.57. The molecule has 3 N–H and O–H groups in total. The molecule has 5 heteroatoms. The summed E-state index contributed by atoms with van der Waals surface area (Å²) in [7, 11) is 0. The number of carbonyl (C=O) groups is 1. The summed E-state index contributed by atoms with van der Waals surface area (Å²) in [6, 6.07) is 0.0340. The second kappa shape index (κ2) is 6.85. The van der Waals surface area contributed by atoms with Gasteiger partial charge in [-0.3, -0.25) is 4.79 Å². The minimum Gasteiger partial charge on any atom is -0.355 e. The molecule has 4 nitrogen and oxygen atoms in total. The zero-order valence-electron chi connectivity index (χ0n) is 10.6. The molecule has 1 aromatic heterocycles. The van der Waals surface area contributed by atoms with Crippen molar-refractivity contribution < 1.29 is 4.79 Å². The Kier molecular flexibility index (Phi) is 5.13. The summed E-state index contributed by atoms with van der Waals surface area (Å²) in [4.78, 5) is 16.3. The molecular formula is C13H21N3OS. The topological polar surface area (TPSA) is 68.0 Å². The van der Waals surface area contributed by atoms with Crippen LogP contribution in [0.1, 0.15) is 37.8 Å². The summed E-state index contributed by atoms with van der Waals surface area (Å²) in [5, 5.41) is 5.01. The molecule has 0 aliphatic heterocycles. The molecule has 1 heterocycles. The molecule has 1 aliphatic carbocycles. The van der Waals surface area contributed by atoms with E-state index < -0.39 is 0 Å². The predicted molar refractivity (Wildman–Crippen MR) is 73.4 cm³/mol. The molecule has 1 amide bonds. The van der Waals surface area contributed by atoms with E-state index in [-0.39, 0.29) is 17.9 Å². The van der Waals surface area contributed by atoms with Crippen LogP contribution in [0.2, 0.25) is 0 Å². The normalized spacial score (nSPS) is 24.5. The van der Waals surface area contributed by atoms with Gasteiger partial charge in [-0.2, -0.15) is 0 Å². The molecule has 0 spiro atoms. The Morgan fingerprint density at radius 1 is 1.44 bits per heavy atom. The number of hydrogen-bond donors (Lipinski definition) is 2. The van der Waals surface area contributed by atoms with Gasteiger partial charge in [-0.25, -0.2) is 4.98 Å². The molecule has 1 fully saturated rings. The average molecular weight is 267 g/mol. The maximum absolute atomic E-state index is 12.1. The number of hydrogen-bond acceptors (Lipinski definition) is 4. The van der Waals surface area contributed by atoms with E-state index in [1.807, 2.05) is 10.9 Å². The molecule has 0 radical (unpaired) electrons. The predicted octanol–water partition coefficient (Wildman–Crippen LogP) is 1.71. The highest BCUT2D eigenvalue weighted by atomic mass is 32.1. The highest BCUT2D eigenvalue weighted by Gasteiger charge is 2.26. The molecule has 18 heavy (non-hydrogen) atoms. The van der Waals surface area contributed by atoms with Gasteiger partial charge in [0.2, 0.25) is 5.91 Å². The van der Waals surface area contributed by atoms with E-state index in [9.17, 15) is 4.79 Å². The van der Waals surface area contributed by atoms with Crippen LogP contribution in [0.25, 0.3) is 0 Å². The summed E-state index contributed by atoms with van der Waals surface area (Å²) < 4.78 is 0. The lowest BCUT2D eigenvalue weighted by molar-refractivity contribution is -0.125. The van der Waals surface area contributed by atoms with Gasteiger partial charge in [-0.05, 0) is 12.8 Å². The van der Waals surface area contributed by atoms with Gasteiger partial charge in [0.1, 0.15) is 0 Å². The van der Waals surface area contributed by atoms with Crippen molar-refractivity contribution >= 4 is 17.2 Å². The Hall–Kier alpha value is -0.940.